The van der Waals surface area contributed by atoms with Gasteiger partial charge >= 0.3 is 6.03 Å². The standard InChI is InChI=1S/C16H26N4O/c1-11(2)16(3)10-14(16)18-15(21)20-9-5-4-6-13(20)12-7-8-17-19-12/h7-8,11,13-14H,4-6,9-10H2,1-3H3,(H,17,19)(H,18,21). The zero-order chi connectivity index (χ0) is 15.0. The van der Waals surface area contributed by atoms with E-state index in [0.29, 0.717) is 12.0 Å². The number of H-pyrrole nitrogens is 1. The van der Waals surface area contributed by atoms with Crippen LogP contribution >= 0.6 is 0 Å². The Morgan fingerprint density at radius 3 is 2.95 bits per heavy atom. The number of carbonyl (C=O) groups excluding carboxylic acids is 1. The van der Waals surface area contributed by atoms with Crippen LogP contribution in [0.5, 0.6) is 0 Å². The van der Waals surface area contributed by atoms with Crippen molar-refractivity contribution in [2.45, 2.75) is 58.5 Å². The number of amides is 2. The van der Waals surface area contributed by atoms with Crippen molar-refractivity contribution < 1.29 is 4.79 Å². The Kier molecular flexibility index (Phi) is 3.68. The number of urea groups is 1. The molecule has 2 heterocycles. The summed E-state index contributed by atoms with van der Waals surface area (Å²) in [5.74, 6) is 0.604. The summed E-state index contributed by atoms with van der Waals surface area (Å²) in [7, 11) is 0. The maximum Gasteiger partial charge on any atom is 0.318 e. The summed E-state index contributed by atoms with van der Waals surface area (Å²) in [6.45, 7) is 7.58. The molecule has 3 atom stereocenters. The van der Waals surface area contributed by atoms with Crippen molar-refractivity contribution in [3.8, 4) is 0 Å². The minimum Gasteiger partial charge on any atom is -0.335 e. The van der Waals surface area contributed by atoms with Crippen molar-refractivity contribution in [1.82, 2.24) is 20.4 Å². The zero-order valence-corrected chi connectivity index (χ0v) is 13.2. The molecule has 5 nitrogen and oxygen atoms in total. The first-order chi connectivity index (χ1) is 10.0. The Morgan fingerprint density at radius 2 is 2.33 bits per heavy atom. The molecule has 2 N–H and O–H groups in total. The molecular formula is C16H26N4O. The van der Waals surface area contributed by atoms with Gasteiger partial charge in [0.25, 0.3) is 0 Å². The number of rotatable bonds is 3. The molecule has 1 aliphatic carbocycles. The van der Waals surface area contributed by atoms with Gasteiger partial charge in [0.15, 0.2) is 0 Å². The number of carbonyl (C=O) groups is 1. The van der Waals surface area contributed by atoms with Crippen molar-refractivity contribution >= 4 is 6.03 Å². The fraction of sp³-hybridized carbons (Fsp3) is 0.750. The van der Waals surface area contributed by atoms with Crippen LogP contribution in [0.25, 0.3) is 0 Å². The summed E-state index contributed by atoms with van der Waals surface area (Å²) < 4.78 is 0. The Balaban J connectivity index is 1.66. The third kappa shape index (κ3) is 2.65. The van der Waals surface area contributed by atoms with E-state index >= 15 is 0 Å². The number of piperidine rings is 1. The lowest BCUT2D eigenvalue weighted by Crippen LogP contribution is -2.46. The molecule has 1 saturated carbocycles. The van der Waals surface area contributed by atoms with Crippen LogP contribution < -0.4 is 5.32 Å². The molecule has 3 rings (SSSR count). The van der Waals surface area contributed by atoms with Gasteiger partial charge in [0, 0.05) is 18.8 Å². The quantitative estimate of drug-likeness (QED) is 0.898. The molecule has 0 bridgehead atoms. The van der Waals surface area contributed by atoms with E-state index in [4.69, 9.17) is 0 Å². The second-order valence-corrected chi connectivity index (χ2v) is 7.08. The van der Waals surface area contributed by atoms with Crippen molar-refractivity contribution in [2.75, 3.05) is 6.54 Å². The van der Waals surface area contributed by atoms with Gasteiger partial charge in [-0.25, -0.2) is 4.79 Å². The molecule has 116 valence electrons. The number of hydrogen-bond acceptors (Lipinski definition) is 2. The van der Waals surface area contributed by atoms with Crippen LogP contribution in [0, 0.1) is 11.3 Å². The molecule has 3 unspecified atom stereocenters. The van der Waals surface area contributed by atoms with E-state index in [2.05, 4.69) is 36.3 Å². The fourth-order valence-corrected chi connectivity index (χ4v) is 3.42. The third-order valence-corrected chi connectivity index (χ3v) is 5.54. The molecule has 1 saturated heterocycles. The smallest absolute Gasteiger partial charge is 0.318 e. The summed E-state index contributed by atoms with van der Waals surface area (Å²) in [4.78, 5) is 14.6. The normalized spacial score (nSPS) is 32.3. The van der Waals surface area contributed by atoms with E-state index in [1.54, 1.807) is 6.20 Å². The number of nitrogens with one attached hydrogen (secondary N) is 2. The Labute approximate surface area is 126 Å². The van der Waals surface area contributed by atoms with E-state index < -0.39 is 0 Å². The van der Waals surface area contributed by atoms with E-state index in [-0.39, 0.29) is 17.5 Å². The molecule has 1 aliphatic heterocycles. The second-order valence-electron chi connectivity index (χ2n) is 7.08. The highest BCUT2D eigenvalue weighted by molar-refractivity contribution is 5.75. The predicted octanol–water partition coefficient (Wildman–Crippen LogP) is 3.08. The van der Waals surface area contributed by atoms with Gasteiger partial charge in [-0.05, 0) is 43.1 Å². The van der Waals surface area contributed by atoms with Crippen molar-refractivity contribution in [3.63, 3.8) is 0 Å². The Hall–Kier alpha value is -1.52. The highest BCUT2D eigenvalue weighted by Gasteiger charge is 2.53. The number of hydrogen-bond donors (Lipinski definition) is 2. The van der Waals surface area contributed by atoms with Crippen LogP contribution in [0.3, 0.4) is 0 Å². The minimum atomic E-state index is 0.0867. The van der Waals surface area contributed by atoms with Crippen LogP contribution in [0.2, 0.25) is 0 Å². The van der Waals surface area contributed by atoms with Crippen LogP contribution in [0.4, 0.5) is 4.79 Å². The lowest BCUT2D eigenvalue weighted by atomic mass is 9.94. The van der Waals surface area contributed by atoms with Gasteiger partial charge < -0.3 is 10.2 Å². The number of nitrogens with zero attached hydrogens (tertiary/aromatic N) is 2. The lowest BCUT2D eigenvalue weighted by molar-refractivity contribution is 0.147. The van der Waals surface area contributed by atoms with E-state index in [9.17, 15) is 4.79 Å². The summed E-state index contributed by atoms with van der Waals surface area (Å²) >= 11 is 0. The molecule has 1 aromatic rings. The first kappa shape index (κ1) is 14.4. The molecule has 0 radical (unpaired) electrons. The largest absolute Gasteiger partial charge is 0.335 e. The number of aromatic amines is 1. The molecule has 1 aromatic heterocycles. The van der Waals surface area contributed by atoms with Crippen molar-refractivity contribution in [1.29, 1.82) is 0 Å². The average Bonchev–Trinajstić information content (AvgIpc) is 2.92. The minimum absolute atomic E-state index is 0.0867. The monoisotopic (exact) mass is 290 g/mol. The number of aromatic nitrogens is 2. The highest BCUT2D eigenvalue weighted by Crippen LogP contribution is 2.51. The molecule has 2 fully saturated rings. The van der Waals surface area contributed by atoms with Gasteiger partial charge in [-0.3, -0.25) is 5.10 Å². The predicted molar refractivity (Wildman–Crippen MR) is 81.8 cm³/mol. The van der Waals surface area contributed by atoms with Gasteiger partial charge in [-0.15, -0.1) is 0 Å². The molecule has 5 heteroatoms. The Bertz CT molecular complexity index is 498. The van der Waals surface area contributed by atoms with Crippen LogP contribution in [-0.4, -0.2) is 33.7 Å². The lowest BCUT2D eigenvalue weighted by Gasteiger charge is -2.35. The third-order valence-electron chi connectivity index (χ3n) is 5.54. The highest BCUT2D eigenvalue weighted by atomic mass is 16.2. The van der Waals surface area contributed by atoms with Gasteiger partial charge in [-0.2, -0.15) is 5.10 Å². The van der Waals surface area contributed by atoms with Crippen molar-refractivity contribution in [2.24, 2.45) is 11.3 Å². The molecule has 21 heavy (non-hydrogen) atoms. The second kappa shape index (κ2) is 5.35. The van der Waals surface area contributed by atoms with Gasteiger partial charge in [0.2, 0.25) is 0 Å². The summed E-state index contributed by atoms with van der Waals surface area (Å²) in [6.07, 6.45) is 6.13. The summed E-state index contributed by atoms with van der Waals surface area (Å²) in [6, 6.07) is 2.54. The maximum absolute atomic E-state index is 12.6. The van der Waals surface area contributed by atoms with Gasteiger partial charge in [0.1, 0.15) is 0 Å². The van der Waals surface area contributed by atoms with E-state index in [1.807, 2.05) is 11.0 Å². The SMILES string of the molecule is CC(C)C1(C)CC1NC(=O)N1CCCCC1c1ccn[nH]1. The average molecular weight is 290 g/mol. The molecule has 0 aromatic carbocycles. The molecule has 2 amide bonds. The van der Waals surface area contributed by atoms with Crippen LogP contribution in [-0.2, 0) is 0 Å². The van der Waals surface area contributed by atoms with Gasteiger partial charge in [0.05, 0.1) is 11.7 Å². The van der Waals surface area contributed by atoms with E-state index in [0.717, 1.165) is 31.5 Å². The van der Waals surface area contributed by atoms with E-state index in [1.165, 1.54) is 6.42 Å². The summed E-state index contributed by atoms with van der Waals surface area (Å²) in [5, 5.41) is 10.3. The topological polar surface area (TPSA) is 61.0 Å². The first-order valence-electron chi connectivity index (χ1n) is 8.09. The number of likely N-dealkylation sites (tertiary alicyclic amines) is 1. The molecule has 0 spiro atoms. The maximum atomic E-state index is 12.6. The van der Waals surface area contributed by atoms with Crippen molar-refractivity contribution in [3.05, 3.63) is 18.0 Å². The zero-order valence-electron chi connectivity index (χ0n) is 13.2. The molecular weight excluding hydrogens is 264 g/mol. The molecule has 2 aliphatic rings. The fourth-order valence-electron chi connectivity index (χ4n) is 3.42. The summed E-state index contributed by atoms with van der Waals surface area (Å²) in [5.41, 5.74) is 1.32. The van der Waals surface area contributed by atoms with Gasteiger partial charge in [-0.1, -0.05) is 20.8 Å². The van der Waals surface area contributed by atoms with Crippen LogP contribution in [0.15, 0.2) is 12.3 Å². The Morgan fingerprint density at radius 1 is 1.52 bits per heavy atom. The first-order valence-corrected chi connectivity index (χ1v) is 8.09. The van der Waals surface area contributed by atoms with Crippen LogP contribution in [0.1, 0.15) is 58.2 Å².